The van der Waals surface area contributed by atoms with Crippen LogP contribution in [0.15, 0.2) is 36.5 Å². The van der Waals surface area contributed by atoms with Crippen LogP contribution in [0.3, 0.4) is 0 Å². The summed E-state index contributed by atoms with van der Waals surface area (Å²) in [5.41, 5.74) is 1.98. The molecule has 162 valence electrons. The molecule has 6 nitrogen and oxygen atoms in total. The molecule has 3 rings (SSSR count). The van der Waals surface area contributed by atoms with Crippen molar-refractivity contribution in [3.8, 4) is 17.0 Å². The van der Waals surface area contributed by atoms with Gasteiger partial charge in [0, 0.05) is 23.9 Å². The van der Waals surface area contributed by atoms with E-state index in [1.54, 1.807) is 25.3 Å². The van der Waals surface area contributed by atoms with E-state index in [2.05, 4.69) is 10.3 Å². The van der Waals surface area contributed by atoms with Crippen LogP contribution in [0.5, 0.6) is 5.88 Å². The van der Waals surface area contributed by atoms with Gasteiger partial charge in [-0.25, -0.2) is 4.98 Å². The number of pyridine rings is 1. The van der Waals surface area contributed by atoms with Crippen LogP contribution in [0.25, 0.3) is 11.1 Å². The van der Waals surface area contributed by atoms with E-state index >= 15 is 0 Å². The second-order valence-electron chi connectivity index (χ2n) is 7.62. The highest BCUT2D eigenvalue weighted by Gasteiger charge is 2.25. The Morgan fingerprint density at radius 3 is 2.70 bits per heavy atom. The number of nitrogens with one attached hydrogen (secondary N) is 1. The molecule has 7 heteroatoms. The zero-order valence-electron chi connectivity index (χ0n) is 17.4. The van der Waals surface area contributed by atoms with E-state index in [0.717, 1.165) is 31.2 Å². The SMILES string of the molecule is CCC(COC)Oc1ncc(C(=O)N[C@@H]2CCCC[C@H]2O)cc1-c1ccc(Cl)cc1. The summed E-state index contributed by atoms with van der Waals surface area (Å²) in [4.78, 5) is 17.3. The van der Waals surface area contributed by atoms with Crippen LogP contribution >= 0.6 is 11.6 Å². The summed E-state index contributed by atoms with van der Waals surface area (Å²) >= 11 is 6.04. The number of halogens is 1. The van der Waals surface area contributed by atoms with Crippen LogP contribution in [-0.2, 0) is 4.74 Å². The number of carbonyl (C=O) groups is 1. The molecular weight excluding hydrogens is 404 g/mol. The number of rotatable bonds is 8. The average molecular weight is 433 g/mol. The lowest BCUT2D eigenvalue weighted by molar-refractivity contribution is 0.0715. The number of amides is 1. The fraction of sp³-hybridized carbons (Fsp3) is 0.478. The molecule has 0 bridgehead atoms. The molecule has 0 aliphatic heterocycles. The maximum atomic E-state index is 12.8. The predicted molar refractivity (Wildman–Crippen MR) is 117 cm³/mol. The summed E-state index contributed by atoms with van der Waals surface area (Å²) in [6.45, 7) is 2.46. The van der Waals surface area contributed by atoms with E-state index < -0.39 is 6.10 Å². The van der Waals surface area contributed by atoms with Crippen molar-refractivity contribution in [2.45, 2.75) is 57.3 Å². The Balaban J connectivity index is 1.89. The molecule has 1 aromatic heterocycles. The van der Waals surface area contributed by atoms with Crippen molar-refractivity contribution in [3.05, 3.63) is 47.1 Å². The molecule has 2 aromatic rings. The summed E-state index contributed by atoms with van der Waals surface area (Å²) in [6.07, 6.45) is 5.10. The van der Waals surface area contributed by atoms with Gasteiger partial charge < -0.3 is 19.9 Å². The molecule has 2 N–H and O–H groups in total. The van der Waals surface area contributed by atoms with Gasteiger partial charge in [-0.2, -0.15) is 0 Å². The van der Waals surface area contributed by atoms with Crippen LogP contribution in [0.4, 0.5) is 0 Å². The maximum absolute atomic E-state index is 12.8. The quantitative estimate of drug-likeness (QED) is 0.652. The van der Waals surface area contributed by atoms with Gasteiger partial charge in [0.25, 0.3) is 5.91 Å². The number of aromatic nitrogens is 1. The van der Waals surface area contributed by atoms with Crippen molar-refractivity contribution in [3.63, 3.8) is 0 Å². The number of hydrogen-bond donors (Lipinski definition) is 2. The molecular formula is C23H29ClN2O4. The lowest BCUT2D eigenvalue weighted by Gasteiger charge is -2.28. The van der Waals surface area contributed by atoms with Gasteiger partial charge in [-0.1, -0.05) is 43.5 Å². The topological polar surface area (TPSA) is 80.7 Å². The van der Waals surface area contributed by atoms with Gasteiger partial charge in [0.05, 0.1) is 24.3 Å². The summed E-state index contributed by atoms with van der Waals surface area (Å²) in [6, 6.07) is 8.87. The normalized spacial score (nSPS) is 19.9. The summed E-state index contributed by atoms with van der Waals surface area (Å²) < 4.78 is 11.3. The number of ether oxygens (including phenoxy) is 2. The van der Waals surface area contributed by atoms with E-state index in [4.69, 9.17) is 21.1 Å². The monoisotopic (exact) mass is 432 g/mol. The third kappa shape index (κ3) is 5.72. The van der Waals surface area contributed by atoms with Gasteiger partial charge >= 0.3 is 0 Å². The molecule has 1 fully saturated rings. The van der Waals surface area contributed by atoms with Crippen molar-refractivity contribution >= 4 is 17.5 Å². The zero-order chi connectivity index (χ0) is 21.5. The third-order valence-corrected chi connectivity index (χ3v) is 5.65. The van der Waals surface area contributed by atoms with Gasteiger partial charge in [0.15, 0.2) is 0 Å². The fourth-order valence-corrected chi connectivity index (χ4v) is 3.74. The lowest BCUT2D eigenvalue weighted by Crippen LogP contribution is -2.45. The average Bonchev–Trinajstić information content (AvgIpc) is 2.75. The molecule has 0 saturated heterocycles. The van der Waals surface area contributed by atoms with Crippen molar-refractivity contribution in [2.75, 3.05) is 13.7 Å². The highest BCUT2D eigenvalue weighted by molar-refractivity contribution is 6.30. The molecule has 1 amide bonds. The fourth-order valence-electron chi connectivity index (χ4n) is 3.62. The molecule has 1 saturated carbocycles. The van der Waals surface area contributed by atoms with Crippen LogP contribution in [-0.4, -0.2) is 48.0 Å². The molecule has 1 aromatic carbocycles. The molecule has 3 atom stereocenters. The summed E-state index contributed by atoms with van der Waals surface area (Å²) in [5.74, 6) is 0.189. The largest absolute Gasteiger partial charge is 0.471 e. The number of aliphatic hydroxyl groups is 1. The van der Waals surface area contributed by atoms with E-state index in [0.29, 0.717) is 35.1 Å². The number of benzene rings is 1. The molecule has 1 aliphatic rings. The van der Waals surface area contributed by atoms with Crippen LogP contribution < -0.4 is 10.1 Å². The van der Waals surface area contributed by atoms with Gasteiger partial charge in [-0.3, -0.25) is 4.79 Å². The van der Waals surface area contributed by atoms with Crippen LogP contribution in [0.1, 0.15) is 49.4 Å². The Bertz CT molecular complexity index is 844. The zero-order valence-corrected chi connectivity index (χ0v) is 18.2. The third-order valence-electron chi connectivity index (χ3n) is 5.40. The first-order chi connectivity index (χ1) is 14.5. The second kappa shape index (κ2) is 10.8. The van der Waals surface area contributed by atoms with E-state index in [1.807, 2.05) is 19.1 Å². The van der Waals surface area contributed by atoms with Crippen molar-refractivity contribution in [2.24, 2.45) is 0 Å². The molecule has 1 heterocycles. The Hall–Kier alpha value is -2.15. The van der Waals surface area contributed by atoms with Crippen LogP contribution in [0, 0.1) is 0 Å². The van der Waals surface area contributed by atoms with E-state index in [1.165, 1.54) is 6.20 Å². The number of methoxy groups -OCH3 is 1. The van der Waals surface area contributed by atoms with E-state index in [9.17, 15) is 9.90 Å². The first kappa shape index (κ1) is 22.5. The molecule has 1 unspecified atom stereocenters. The van der Waals surface area contributed by atoms with E-state index in [-0.39, 0.29) is 18.1 Å². The lowest BCUT2D eigenvalue weighted by atomic mass is 9.92. The number of aliphatic hydroxyl groups excluding tert-OH is 1. The van der Waals surface area contributed by atoms with Crippen molar-refractivity contribution < 1.29 is 19.4 Å². The summed E-state index contributed by atoms with van der Waals surface area (Å²) in [5, 5.41) is 13.7. The minimum absolute atomic E-state index is 0.148. The summed E-state index contributed by atoms with van der Waals surface area (Å²) in [7, 11) is 1.63. The van der Waals surface area contributed by atoms with Crippen molar-refractivity contribution in [1.82, 2.24) is 10.3 Å². The van der Waals surface area contributed by atoms with Gasteiger partial charge in [-0.15, -0.1) is 0 Å². The van der Waals surface area contributed by atoms with Gasteiger partial charge in [0.2, 0.25) is 5.88 Å². The molecule has 30 heavy (non-hydrogen) atoms. The smallest absolute Gasteiger partial charge is 0.253 e. The Labute approximate surface area is 182 Å². The first-order valence-corrected chi connectivity index (χ1v) is 10.8. The molecule has 0 radical (unpaired) electrons. The van der Waals surface area contributed by atoms with Crippen LogP contribution in [0.2, 0.25) is 5.02 Å². The Morgan fingerprint density at radius 1 is 1.30 bits per heavy atom. The highest BCUT2D eigenvalue weighted by Crippen LogP contribution is 2.31. The molecule has 1 aliphatic carbocycles. The number of nitrogens with zero attached hydrogens (tertiary/aromatic N) is 1. The maximum Gasteiger partial charge on any atom is 0.253 e. The Morgan fingerprint density at radius 2 is 2.03 bits per heavy atom. The van der Waals surface area contributed by atoms with Gasteiger partial charge in [-0.05, 0) is 43.0 Å². The highest BCUT2D eigenvalue weighted by atomic mass is 35.5. The molecule has 0 spiro atoms. The standard InChI is InChI=1S/C23H29ClN2O4/c1-3-18(14-29-2)30-23-19(15-8-10-17(24)11-9-15)12-16(13-25-23)22(28)26-20-6-4-5-7-21(20)27/h8-13,18,20-21,27H,3-7,14H2,1-2H3,(H,26,28)/t18?,20-,21-/m1/s1. The Kier molecular flexibility index (Phi) is 8.08. The first-order valence-electron chi connectivity index (χ1n) is 10.4. The predicted octanol–water partition coefficient (Wildman–Crippen LogP) is 4.24. The number of carbonyl (C=O) groups excluding carboxylic acids is 1. The number of hydrogen-bond acceptors (Lipinski definition) is 5. The minimum atomic E-state index is -0.506. The van der Waals surface area contributed by atoms with Gasteiger partial charge in [0.1, 0.15) is 6.10 Å². The minimum Gasteiger partial charge on any atom is -0.471 e. The van der Waals surface area contributed by atoms with Crippen molar-refractivity contribution in [1.29, 1.82) is 0 Å². The second-order valence-corrected chi connectivity index (χ2v) is 8.06.